The van der Waals surface area contributed by atoms with Crippen molar-refractivity contribution >= 4 is 0 Å². The van der Waals surface area contributed by atoms with Crippen LogP contribution in [0.15, 0.2) is 0 Å². The Kier molecular flexibility index (Phi) is 4.69. The number of hydrogen-bond donors (Lipinski definition) is 1. The van der Waals surface area contributed by atoms with Crippen molar-refractivity contribution < 1.29 is 4.74 Å². The first-order chi connectivity index (χ1) is 5.04. The molecule has 1 atom stereocenters. The van der Waals surface area contributed by atoms with Crippen molar-refractivity contribution in [1.82, 2.24) is 0 Å². The van der Waals surface area contributed by atoms with Crippen LogP contribution in [0.2, 0.25) is 0 Å². The average molecular weight is 159 g/mol. The molecule has 2 nitrogen and oxygen atoms in total. The highest BCUT2D eigenvalue weighted by molar-refractivity contribution is 4.81. The third-order valence-electron chi connectivity index (χ3n) is 2.01. The molecular weight excluding hydrogens is 138 g/mol. The average Bonchev–Trinajstić information content (AvgIpc) is 1.88. The molecule has 0 fully saturated rings. The molecule has 0 spiro atoms. The van der Waals surface area contributed by atoms with Crippen LogP contribution in [-0.2, 0) is 4.74 Å². The molecule has 0 bridgehead atoms. The number of rotatable bonds is 5. The predicted octanol–water partition coefficient (Wildman–Crippen LogP) is 1.93. The van der Waals surface area contributed by atoms with Gasteiger partial charge in [0.1, 0.15) is 0 Å². The Morgan fingerprint density at radius 2 is 1.91 bits per heavy atom. The van der Waals surface area contributed by atoms with E-state index in [-0.39, 0.29) is 11.6 Å². The van der Waals surface area contributed by atoms with E-state index in [9.17, 15) is 0 Å². The zero-order chi connectivity index (χ0) is 8.91. The molecular formula is C9H21NO. The number of ether oxygens (including phenoxy) is 1. The van der Waals surface area contributed by atoms with Crippen LogP contribution in [0.4, 0.5) is 0 Å². The van der Waals surface area contributed by atoms with Crippen LogP contribution < -0.4 is 5.73 Å². The molecule has 11 heavy (non-hydrogen) atoms. The van der Waals surface area contributed by atoms with Crippen LogP contribution in [0.1, 0.15) is 40.5 Å². The second-order valence-electron chi connectivity index (χ2n) is 3.43. The van der Waals surface area contributed by atoms with Crippen LogP contribution in [0.3, 0.4) is 0 Å². The maximum Gasteiger partial charge on any atom is 0.0776 e. The molecule has 0 saturated heterocycles. The highest BCUT2D eigenvalue weighted by atomic mass is 16.5. The predicted molar refractivity (Wildman–Crippen MR) is 48.6 cm³/mol. The maximum atomic E-state index is 5.92. The van der Waals surface area contributed by atoms with Gasteiger partial charge < -0.3 is 10.5 Å². The molecule has 0 aromatic heterocycles. The number of hydrogen-bond acceptors (Lipinski definition) is 2. The first kappa shape index (κ1) is 10.9. The molecule has 0 amide bonds. The third-order valence-corrected chi connectivity index (χ3v) is 2.01. The van der Waals surface area contributed by atoms with Gasteiger partial charge in [0.25, 0.3) is 0 Å². The minimum absolute atomic E-state index is 0.160. The van der Waals surface area contributed by atoms with Crippen LogP contribution >= 0.6 is 0 Å². The van der Waals surface area contributed by atoms with E-state index in [4.69, 9.17) is 10.5 Å². The van der Waals surface area contributed by atoms with Gasteiger partial charge in [0.2, 0.25) is 0 Å². The highest BCUT2D eigenvalue weighted by Gasteiger charge is 2.25. The maximum absolute atomic E-state index is 5.92. The third kappa shape index (κ3) is 3.73. The lowest BCUT2D eigenvalue weighted by Crippen LogP contribution is -2.45. The quantitative estimate of drug-likeness (QED) is 0.665. The van der Waals surface area contributed by atoms with E-state index < -0.39 is 0 Å². The summed E-state index contributed by atoms with van der Waals surface area (Å²) < 4.78 is 5.52. The van der Waals surface area contributed by atoms with E-state index in [0.717, 1.165) is 19.4 Å². The van der Waals surface area contributed by atoms with E-state index in [0.29, 0.717) is 0 Å². The van der Waals surface area contributed by atoms with Crippen molar-refractivity contribution in [2.24, 2.45) is 5.73 Å². The van der Waals surface area contributed by atoms with E-state index >= 15 is 0 Å². The summed E-state index contributed by atoms with van der Waals surface area (Å²) >= 11 is 0. The molecule has 68 valence electrons. The molecule has 0 aliphatic rings. The van der Waals surface area contributed by atoms with Gasteiger partial charge in [0, 0.05) is 12.6 Å². The molecule has 2 N–H and O–H groups in total. The first-order valence-electron chi connectivity index (χ1n) is 4.44. The van der Waals surface area contributed by atoms with E-state index in [2.05, 4.69) is 20.8 Å². The van der Waals surface area contributed by atoms with Crippen molar-refractivity contribution in [3.8, 4) is 0 Å². The zero-order valence-electron chi connectivity index (χ0n) is 8.18. The van der Waals surface area contributed by atoms with Gasteiger partial charge in [0.15, 0.2) is 0 Å². The monoisotopic (exact) mass is 159 g/mol. The second-order valence-corrected chi connectivity index (χ2v) is 3.43. The highest BCUT2D eigenvalue weighted by Crippen LogP contribution is 2.16. The summed E-state index contributed by atoms with van der Waals surface area (Å²) in [5.41, 5.74) is 5.76. The molecule has 1 unspecified atom stereocenters. The van der Waals surface area contributed by atoms with E-state index in [1.165, 1.54) is 0 Å². The molecule has 2 heteroatoms. The van der Waals surface area contributed by atoms with Gasteiger partial charge in [-0.15, -0.1) is 0 Å². The summed E-state index contributed by atoms with van der Waals surface area (Å²) in [7, 11) is 0. The lowest BCUT2D eigenvalue weighted by molar-refractivity contribution is -0.0308. The van der Waals surface area contributed by atoms with Crippen LogP contribution in [0.5, 0.6) is 0 Å². The molecule has 0 aliphatic heterocycles. The molecule has 0 radical (unpaired) electrons. The second kappa shape index (κ2) is 4.73. The Balaban J connectivity index is 3.83. The lowest BCUT2D eigenvalue weighted by Gasteiger charge is -2.31. The standard InChI is InChI=1S/C9H21NO/c1-5-7-8(10)9(3,4)11-6-2/h8H,5-7,10H2,1-4H3. The largest absolute Gasteiger partial charge is 0.374 e. The summed E-state index contributed by atoms with van der Waals surface area (Å²) in [6, 6.07) is 0.160. The molecule has 0 heterocycles. The van der Waals surface area contributed by atoms with Crippen molar-refractivity contribution in [3.63, 3.8) is 0 Å². The SMILES string of the molecule is CCCC(N)C(C)(C)OCC. The van der Waals surface area contributed by atoms with Gasteiger partial charge in [0.05, 0.1) is 5.60 Å². The summed E-state index contributed by atoms with van der Waals surface area (Å²) in [5.74, 6) is 0. The van der Waals surface area contributed by atoms with Crippen molar-refractivity contribution in [1.29, 1.82) is 0 Å². The van der Waals surface area contributed by atoms with Crippen LogP contribution in [0, 0.1) is 0 Å². The first-order valence-corrected chi connectivity index (χ1v) is 4.44. The van der Waals surface area contributed by atoms with Crippen molar-refractivity contribution in [2.75, 3.05) is 6.61 Å². The minimum atomic E-state index is -0.162. The van der Waals surface area contributed by atoms with Gasteiger partial charge in [-0.1, -0.05) is 13.3 Å². The molecule has 0 saturated carbocycles. The minimum Gasteiger partial charge on any atom is -0.374 e. The van der Waals surface area contributed by atoms with Gasteiger partial charge in [-0.2, -0.15) is 0 Å². The van der Waals surface area contributed by atoms with Crippen molar-refractivity contribution in [3.05, 3.63) is 0 Å². The number of nitrogens with two attached hydrogens (primary N) is 1. The summed E-state index contributed by atoms with van der Waals surface area (Å²) in [5, 5.41) is 0. The summed E-state index contributed by atoms with van der Waals surface area (Å²) in [6.07, 6.45) is 2.16. The zero-order valence-corrected chi connectivity index (χ0v) is 8.18. The molecule has 0 aromatic carbocycles. The lowest BCUT2D eigenvalue weighted by atomic mass is 9.95. The normalized spacial score (nSPS) is 15.0. The van der Waals surface area contributed by atoms with E-state index in [1.807, 2.05) is 6.92 Å². The van der Waals surface area contributed by atoms with Gasteiger partial charge in [-0.05, 0) is 27.2 Å². The van der Waals surface area contributed by atoms with Crippen molar-refractivity contribution in [2.45, 2.75) is 52.2 Å². The fraction of sp³-hybridized carbons (Fsp3) is 1.00. The summed E-state index contributed by atoms with van der Waals surface area (Å²) in [4.78, 5) is 0. The van der Waals surface area contributed by atoms with Gasteiger partial charge in [-0.3, -0.25) is 0 Å². The molecule has 0 rings (SSSR count). The fourth-order valence-electron chi connectivity index (χ4n) is 1.14. The Hall–Kier alpha value is -0.0800. The Labute approximate surface area is 70.1 Å². The van der Waals surface area contributed by atoms with Gasteiger partial charge >= 0.3 is 0 Å². The summed E-state index contributed by atoms with van der Waals surface area (Å²) in [6.45, 7) is 8.99. The van der Waals surface area contributed by atoms with Crippen LogP contribution in [-0.4, -0.2) is 18.2 Å². The fourth-order valence-corrected chi connectivity index (χ4v) is 1.14. The molecule has 0 aliphatic carbocycles. The topological polar surface area (TPSA) is 35.2 Å². The van der Waals surface area contributed by atoms with E-state index in [1.54, 1.807) is 0 Å². The Morgan fingerprint density at radius 1 is 1.36 bits per heavy atom. The Morgan fingerprint density at radius 3 is 2.27 bits per heavy atom. The van der Waals surface area contributed by atoms with Crippen LogP contribution in [0.25, 0.3) is 0 Å². The molecule has 0 aromatic rings. The smallest absolute Gasteiger partial charge is 0.0776 e. The Bertz CT molecular complexity index is 102. The van der Waals surface area contributed by atoms with Gasteiger partial charge in [-0.25, -0.2) is 0 Å².